The molecule has 0 fully saturated rings. The van der Waals surface area contributed by atoms with Crippen molar-refractivity contribution in [2.24, 2.45) is 0 Å². The van der Waals surface area contributed by atoms with Gasteiger partial charge in [-0.15, -0.1) is 0 Å². The van der Waals surface area contributed by atoms with Crippen LogP contribution in [-0.4, -0.2) is 29.2 Å². The fourth-order valence-electron chi connectivity index (χ4n) is 2.72. The van der Waals surface area contributed by atoms with Gasteiger partial charge in [-0.1, -0.05) is 58.3 Å². The zero-order chi connectivity index (χ0) is 18.5. The number of benzene rings is 1. The molecule has 0 unspecified atom stereocenters. The first-order chi connectivity index (χ1) is 12.0. The highest BCUT2D eigenvalue weighted by Crippen LogP contribution is 2.28. The molecule has 1 aromatic carbocycles. The molecule has 5 nitrogen and oxygen atoms in total. The van der Waals surface area contributed by atoms with Crippen LogP contribution >= 0.6 is 0 Å². The van der Waals surface area contributed by atoms with E-state index in [1.165, 1.54) is 65.2 Å². The van der Waals surface area contributed by atoms with Crippen LogP contribution in [0.2, 0.25) is 0 Å². The monoisotopic (exact) mass is 371 g/mol. The van der Waals surface area contributed by atoms with E-state index in [2.05, 4.69) is 11.6 Å². The Morgan fingerprint density at radius 1 is 0.880 bits per heavy atom. The van der Waals surface area contributed by atoms with Gasteiger partial charge in [-0.05, 0) is 18.6 Å². The summed E-state index contributed by atoms with van der Waals surface area (Å²) in [5.41, 5.74) is 0. The molecule has 1 aromatic rings. The van der Waals surface area contributed by atoms with Crippen molar-refractivity contribution in [2.75, 3.05) is 20.8 Å². The summed E-state index contributed by atoms with van der Waals surface area (Å²) < 4.78 is 37.8. The van der Waals surface area contributed by atoms with Crippen LogP contribution in [-0.2, 0) is 10.0 Å². The predicted molar refractivity (Wildman–Crippen MR) is 102 cm³/mol. The first kappa shape index (κ1) is 21.8. The lowest BCUT2D eigenvalue weighted by Crippen LogP contribution is -2.25. The van der Waals surface area contributed by atoms with E-state index in [1.54, 1.807) is 12.1 Å². The van der Waals surface area contributed by atoms with E-state index in [-0.39, 0.29) is 4.90 Å². The third-order valence-corrected chi connectivity index (χ3v) is 5.73. The minimum atomic E-state index is -3.57. The summed E-state index contributed by atoms with van der Waals surface area (Å²) in [6.45, 7) is 2.68. The van der Waals surface area contributed by atoms with E-state index >= 15 is 0 Å². The van der Waals surface area contributed by atoms with Crippen molar-refractivity contribution in [1.82, 2.24) is 4.72 Å². The van der Waals surface area contributed by atoms with Crippen molar-refractivity contribution in [1.29, 1.82) is 0 Å². The van der Waals surface area contributed by atoms with Gasteiger partial charge in [0.15, 0.2) is 0 Å². The second kappa shape index (κ2) is 12.1. The highest BCUT2D eigenvalue weighted by atomic mass is 32.2. The number of sulfonamides is 1. The summed E-state index contributed by atoms with van der Waals surface area (Å²) in [6, 6.07) is 4.71. The lowest BCUT2D eigenvalue weighted by Gasteiger charge is -2.12. The van der Waals surface area contributed by atoms with Crippen molar-refractivity contribution in [2.45, 2.75) is 69.6 Å². The largest absolute Gasteiger partial charge is 0.497 e. The SMILES string of the molecule is CCCCCCCCCCCNS(=O)(=O)c1ccc(OC)cc1OC. The standard InChI is InChI=1S/C19H33NO4S/c1-4-5-6-7-8-9-10-11-12-15-20-25(21,22)19-14-13-17(23-2)16-18(19)24-3/h13-14,16,20H,4-12,15H2,1-3H3. The van der Waals surface area contributed by atoms with E-state index in [4.69, 9.17) is 9.47 Å². The normalized spacial score (nSPS) is 11.5. The Kier molecular flexibility index (Phi) is 10.6. The Hall–Kier alpha value is -1.27. The van der Waals surface area contributed by atoms with Gasteiger partial charge in [-0.25, -0.2) is 13.1 Å². The van der Waals surface area contributed by atoms with Crippen molar-refractivity contribution in [3.8, 4) is 11.5 Å². The predicted octanol–water partition coefficient (Wildman–Crippen LogP) is 4.51. The number of ether oxygens (including phenoxy) is 2. The average molecular weight is 372 g/mol. The number of hydrogen-bond donors (Lipinski definition) is 1. The number of rotatable bonds is 14. The highest BCUT2D eigenvalue weighted by molar-refractivity contribution is 7.89. The molecule has 1 N–H and O–H groups in total. The Balaban J connectivity index is 2.32. The summed E-state index contributed by atoms with van der Waals surface area (Å²) in [5, 5.41) is 0. The van der Waals surface area contributed by atoms with E-state index in [0.717, 1.165) is 12.8 Å². The fourth-order valence-corrected chi connectivity index (χ4v) is 3.94. The van der Waals surface area contributed by atoms with Crippen LogP contribution in [0.3, 0.4) is 0 Å². The van der Waals surface area contributed by atoms with E-state index in [0.29, 0.717) is 18.0 Å². The van der Waals surface area contributed by atoms with Gasteiger partial charge in [-0.3, -0.25) is 0 Å². The van der Waals surface area contributed by atoms with Crippen molar-refractivity contribution in [3.63, 3.8) is 0 Å². The number of nitrogens with one attached hydrogen (secondary N) is 1. The molecule has 6 heteroatoms. The molecule has 0 heterocycles. The molecule has 0 amide bonds. The average Bonchev–Trinajstić information content (AvgIpc) is 2.62. The topological polar surface area (TPSA) is 64.6 Å². The van der Waals surface area contributed by atoms with E-state index in [1.807, 2.05) is 0 Å². The van der Waals surface area contributed by atoms with Gasteiger partial charge in [0.1, 0.15) is 16.4 Å². The number of hydrogen-bond acceptors (Lipinski definition) is 4. The third-order valence-electron chi connectivity index (χ3n) is 4.23. The maximum atomic E-state index is 12.4. The van der Waals surface area contributed by atoms with Crippen LogP contribution in [0.15, 0.2) is 23.1 Å². The van der Waals surface area contributed by atoms with Gasteiger partial charge in [0.05, 0.1) is 14.2 Å². The molecule has 0 saturated carbocycles. The van der Waals surface area contributed by atoms with Crippen LogP contribution in [0, 0.1) is 0 Å². The zero-order valence-electron chi connectivity index (χ0n) is 15.8. The van der Waals surface area contributed by atoms with Crippen molar-refractivity contribution < 1.29 is 17.9 Å². The summed E-state index contributed by atoms with van der Waals surface area (Å²) in [6.07, 6.45) is 10.9. The summed E-state index contributed by atoms with van der Waals surface area (Å²) >= 11 is 0. The molecule has 1 rings (SSSR count). The Bertz CT molecular complexity index is 587. The molecule has 0 spiro atoms. The van der Waals surface area contributed by atoms with Crippen LogP contribution in [0.4, 0.5) is 0 Å². The van der Waals surface area contributed by atoms with Crippen LogP contribution in [0.5, 0.6) is 11.5 Å². The highest BCUT2D eigenvalue weighted by Gasteiger charge is 2.19. The van der Waals surface area contributed by atoms with Gasteiger partial charge in [0.25, 0.3) is 0 Å². The summed E-state index contributed by atoms with van der Waals surface area (Å²) in [4.78, 5) is 0.145. The second-order valence-corrected chi connectivity index (χ2v) is 7.98. The summed E-state index contributed by atoms with van der Waals surface area (Å²) in [5.74, 6) is 0.855. The first-order valence-electron chi connectivity index (χ1n) is 9.27. The van der Waals surface area contributed by atoms with Gasteiger partial charge in [-0.2, -0.15) is 0 Å². The molecular weight excluding hydrogens is 338 g/mol. The fraction of sp³-hybridized carbons (Fsp3) is 0.684. The molecule has 0 aliphatic rings. The van der Waals surface area contributed by atoms with Crippen LogP contribution in [0.1, 0.15) is 64.7 Å². The smallest absolute Gasteiger partial charge is 0.244 e. The third kappa shape index (κ3) is 8.10. The molecule has 0 atom stereocenters. The maximum Gasteiger partial charge on any atom is 0.244 e. The van der Waals surface area contributed by atoms with Crippen LogP contribution in [0.25, 0.3) is 0 Å². The number of methoxy groups -OCH3 is 2. The first-order valence-corrected chi connectivity index (χ1v) is 10.7. The van der Waals surface area contributed by atoms with Crippen molar-refractivity contribution in [3.05, 3.63) is 18.2 Å². The Morgan fingerprint density at radius 2 is 1.48 bits per heavy atom. The van der Waals surface area contributed by atoms with Gasteiger partial charge >= 0.3 is 0 Å². The minimum Gasteiger partial charge on any atom is -0.497 e. The lowest BCUT2D eigenvalue weighted by molar-refractivity contribution is 0.386. The molecule has 25 heavy (non-hydrogen) atoms. The molecule has 0 radical (unpaired) electrons. The Morgan fingerprint density at radius 3 is 2.04 bits per heavy atom. The van der Waals surface area contributed by atoms with Gasteiger partial charge in [0.2, 0.25) is 10.0 Å². The quantitative estimate of drug-likeness (QED) is 0.489. The molecular formula is C19H33NO4S. The lowest BCUT2D eigenvalue weighted by atomic mass is 10.1. The van der Waals surface area contributed by atoms with Gasteiger partial charge in [0, 0.05) is 12.6 Å². The van der Waals surface area contributed by atoms with Gasteiger partial charge < -0.3 is 9.47 Å². The van der Waals surface area contributed by atoms with E-state index in [9.17, 15) is 8.42 Å². The second-order valence-electron chi connectivity index (χ2n) is 6.24. The minimum absolute atomic E-state index is 0.145. The molecule has 0 saturated heterocycles. The molecule has 0 bridgehead atoms. The Labute approximate surface area is 153 Å². The summed E-state index contributed by atoms with van der Waals surface area (Å²) in [7, 11) is -0.581. The molecule has 144 valence electrons. The molecule has 0 aliphatic heterocycles. The maximum absolute atomic E-state index is 12.4. The zero-order valence-corrected chi connectivity index (χ0v) is 16.7. The number of unbranched alkanes of at least 4 members (excludes halogenated alkanes) is 8. The van der Waals surface area contributed by atoms with Crippen molar-refractivity contribution >= 4 is 10.0 Å². The van der Waals surface area contributed by atoms with E-state index < -0.39 is 10.0 Å². The molecule has 0 aromatic heterocycles. The molecule has 0 aliphatic carbocycles. The van der Waals surface area contributed by atoms with Crippen LogP contribution < -0.4 is 14.2 Å².